The van der Waals surface area contributed by atoms with E-state index in [1.807, 2.05) is 30.3 Å². The van der Waals surface area contributed by atoms with Gasteiger partial charge in [0.25, 0.3) is 5.91 Å². The van der Waals surface area contributed by atoms with E-state index in [-0.39, 0.29) is 11.9 Å². The van der Waals surface area contributed by atoms with Crippen LogP contribution >= 0.6 is 0 Å². The van der Waals surface area contributed by atoms with Crippen LogP contribution in [0.1, 0.15) is 23.7 Å². The standard InChI is InChI=1S/C18H18N2O4/c1-12-15(18(22)23)9-10-20(12)17(21)13-7-8-16(19-11-13)24-14-5-3-2-4-6-14/h2-8,11-12,15H,9-10H2,1H3,(H,22,23). The Labute approximate surface area is 139 Å². The third kappa shape index (κ3) is 3.22. The van der Waals surface area contributed by atoms with Gasteiger partial charge in [-0.3, -0.25) is 9.59 Å². The van der Waals surface area contributed by atoms with Gasteiger partial charge in [0, 0.05) is 24.8 Å². The van der Waals surface area contributed by atoms with Crippen molar-refractivity contribution >= 4 is 11.9 Å². The Morgan fingerprint density at radius 1 is 1.21 bits per heavy atom. The van der Waals surface area contributed by atoms with Crippen molar-refractivity contribution in [2.45, 2.75) is 19.4 Å². The van der Waals surface area contributed by atoms with Crippen molar-refractivity contribution in [3.8, 4) is 11.6 Å². The van der Waals surface area contributed by atoms with Gasteiger partial charge in [-0.25, -0.2) is 4.98 Å². The van der Waals surface area contributed by atoms with Gasteiger partial charge in [0.1, 0.15) is 5.75 Å². The topological polar surface area (TPSA) is 79.7 Å². The number of likely N-dealkylation sites (tertiary alicyclic amines) is 1. The molecule has 2 aromatic rings. The Morgan fingerprint density at radius 3 is 2.54 bits per heavy atom. The van der Waals surface area contributed by atoms with Gasteiger partial charge in [-0.1, -0.05) is 18.2 Å². The highest BCUT2D eigenvalue weighted by Crippen LogP contribution is 2.26. The summed E-state index contributed by atoms with van der Waals surface area (Å²) in [6, 6.07) is 12.2. The Bertz CT molecular complexity index is 730. The molecule has 3 rings (SSSR count). The van der Waals surface area contributed by atoms with Crippen molar-refractivity contribution in [1.29, 1.82) is 0 Å². The first-order valence-electron chi connectivity index (χ1n) is 7.79. The molecule has 1 fully saturated rings. The number of ether oxygens (including phenoxy) is 1. The fourth-order valence-corrected chi connectivity index (χ4v) is 2.90. The molecular weight excluding hydrogens is 308 g/mol. The van der Waals surface area contributed by atoms with Crippen LogP contribution in [0.15, 0.2) is 48.7 Å². The first kappa shape index (κ1) is 16.0. The number of aliphatic carboxylic acids is 1. The maximum absolute atomic E-state index is 12.5. The number of benzene rings is 1. The minimum Gasteiger partial charge on any atom is -0.481 e. The van der Waals surface area contributed by atoms with Crippen LogP contribution in [-0.4, -0.2) is 39.5 Å². The summed E-state index contributed by atoms with van der Waals surface area (Å²) in [6.07, 6.45) is 1.94. The average Bonchev–Trinajstić information content (AvgIpc) is 2.97. The van der Waals surface area contributed by atoms with Gasteiger partial charge in [-0.05, 0) is 31.5 Å². The highest BCUT2D eigenvalue weighted by Gasteiger charge is 2.38. The smallest absolute Gasteiger partial charge is 0.308 e. The zero-order valence-electron chi connectivity index (χ0n) is 13.3. The summed E-state index contributed by atoms with van der Waals surface area (Å²) < 4.78 is 5.59. The number of carbonyl (C=O) groups is 2. The number of aromatic nitrogens is 1. The minimum absolute atomic E-state index is 0.204. The molecule has 1 aromatic heterocycles. The Kier molecular flexibility index (Phi) is 4.46. The molecule has 1 aliphatic rings. The van der Waals surface area contributed by atoms with Crippen molar-refractivity contribution in [1.82, 2.24) is 9.88 Å². The van der Waals surface area contributed by atoms with Gasteiger partial charge >= 0.3 is 5.97 Å². The number of carbonyl (C=O) groups excluding carboxylic acids is 1. The molecule has 1 aromatic carbocycles. The minimum atomic E-state index is -0.859. The summed E-state index contributed by atoms with van der Waals surface area (Å²) in [5, 5.41) is 9.16. The van der Waals surface area contributed by atoms with Crippen molar-refractivity contribution in [2.75, 3.05) is 6.54 Å². The van der Waals surface area contributed by atoms with Gasteiger partial charge in [0.15, 0.2) is 0 Å². The molecule has 6 nitrogen and oxygen atoms in total. The monoisotopic (exact) mass is 326 g/mol. The Balaban J connectivity index is 1.69. The first-order chi connectivity index (χ1) is 11.6. The number of pyridine rings is 1. The molecule has 2 heterocycles. The van der Waals surface area contributed by atoms with Crippen LogP contribution in [-0.2, 0) is 4.79 Å². The molecule has 124 valence electrons. The van der Waals surface area contributed by atoms with Crippen LogP contribution in [0.2, 0.25) is 0 Å². The highest BCUT2D eigenvalue weighted by molar-refractivity contribution is 5.94. The van der Waals surface area contributed by atoms with Gasteiger partial charge in [-0.2, -0.15) is 0 Å². The number of hydrogen-bond donors (Lipinski definition) is 1. The molecule has 1 saturated heterocycles. The van der Waals surface area contributed by atoms with E-state index in [1.165, 1.54) is 6.20 Å². The second-order valence-corrected chi connectivity index (χ2v) is 5.77. The molecule has 0 aliphatic carbocycles. The van der Waals surface area contributed by atoms with Crippen LogP contribution in [0.25, 0.3) is 0 Å². The fraction of sp³-hybridized carbons (Fsp3) is 0.278. The summed E-state index contributed by atoms with van der Waals surface area (Å²) in [6.45, 7) is 2.21. The first-order valence-corrected chi connectivity index (χ1v) is 7.79. The van der Waals surface area contributed by atoms with E-state index in [1.54, 1.807) is 24.0 Å². The number of amides is 1. The van der Waals surface area contributed by atoms with E-state index < -0.39 is 11.9 Å². The molecule has 2 unspecified atom stereocenters. The number of carboxylic acids is 1. The SMILES string of the molecule is CC1C(C(=O)O)CCN1C(=O)c1ccc(Oc2ccccc2)nc1. The van der Waals surface area contributed by atoms with Gasteiger partial charge in [0.05, 0.1) is 11.5 Å². The molecule has 24 heavy (non-hydrogen) atoms. The van der Waals surface area contributed by atoms with Crippen molar-refractivity contribution in [3.63, 3.8) is 0 Å². The quantitative estimate of drug-likeness (QED) is 0.934. The van der Waals surface area contributed by atoms with Crippen LogP contribution in [0.4, 0.5) is 0 Å². The van der Waals surface area contributed by atoms with Gasteiger partial charge in [-0.15, -0.1) is 0 Å². The second-order valence-electron chi connectivity index (χ2n) is 5.77. The van der Waals surface area contributed by atoms with Crippen LogP contribution in [0.5, 0.6) is 11.6 Å². The predicted octanol–water partition coefficient (Wildman–Crippen LogP) is 2.81. The van der Waals surface area contributed by atoms with E-state index in [9.17, 15) is 9.59 Å². The normalized spacial score (nSPS) is 20.0. The number of rotatable bonds is 4. The van der Waals surface area contributed by atoms with E-state index in [0.717, 1.165) is 0 Å². The molecule has 1 aliphatic heterocycles. The number of hydrogen-bond acceptors (Lipinski definition) is 4. The molecule has 6 heteroatoms. The molecule has 1 amide bonds. The summed E-state index contributed by atoms with van der Waals surface area (Å²) in [5.41, 5.74) is 0.424. The number of para-hydroxylation sites is 1. The lowest BCUT2D eigenvalue weighted by molar-refractivity contribution is -0.142. The van der Waals surface area contributed by atoms with Gasteiger partial charge in [0.2, 0.25) is 5.88 Å². The third-order valence-electron chi connectivity index (χ3n) is 4.28. The van der Waals surface area contributed by atoms with Crippen molar-refractivity contribution in [3.05, 3.63) is 54.2 Å². The molecule has 0 bridgehead atoms. The summed E-state index contributed by atoms with van der Waals surface area (Å²) in [7, 11) is 0. The maximum atomic E-state index is 12.5. The Morgan fingerprint density at radius 2 is 1.96 bits per heavy atom. The zero-order valence-corrected chi connectivity index (χ0v) is 13.3. The fourth-order valence-electron chi connectivity index (χ4n) is 2.90. The van der Waals surface area contributed by atoms with E-state index in [0.29, 0.717) is 30.2 Å². The highest BCUT2D eigenvalue weighted by atomic mass is 16.5. The lowest BCUT2D eigenvalue weighted by Crippen LogP contribution is -2.37. The summed E-state index contributed by atoms with van der Waals surface area (Å²) in [4.78, 5) is 29.5. The van der Waals surface area contributed by atoms with Gasteiger partial charge < -0.3 is 14.7 Å². The molecule has 0 spiro atoms. The zero-order chi connectivity index (χ0) is 17.1. The molecular formula is C18H18N2O4. The van der Waals surface area contributed by atoms with Crippen LogP contribution in [0, 0.1) is 5.92 Å². The second kappa shape index (κ2) is 6.70. The number of nitrogens with zero attached hydrogens (tertiary/aromatic N) is 2. The average molecular weight is 326 g/mol. The maximum Gasteiger partial charge on any atom is 0.308 e. The van der Waals surface area contributed by atoms with E-state index in [2.05, 4.69) is 4.98 Å². The predicted molar refractivity (Wildman–Crippen MR) is 87.0 cm³/mol. The van der Waals surface area contributed by atoms with Crippen LogP contribution in [0.3, 0.4) is 0 Å². The molecule has 2 atom stereocenters. The van der Waals surface area contributed by atoms with Crippen LogP contribution < -0.4 is 4.74 Å². The molecule has 0 saturated carbocycles. The Hall–Kier alpha value is -2.89. The largest absolute Gasteiger partial charge is 0.481 e. The van der Waals surface area contributed by atoms with E-state index >= 15 is 0 Å². The van der Waals surface area contributed by atoms with Crippen molar-refractivity contribution in [2.24, 2.45) is 5.92 Å². The lowest BCUT2D eigenvalue weighted by atomic mass is 10.0. The summed E-state index contributed by atoms with van der Waals surface area (Å²) in [5.74, 6) is -0.507. The molecule has 1 N–H and O–H groups in total. The van der Waals surface area contributed by atoms with E-state index in [4.69, 9.17) is 9.84 Å². The lowest BCUT2D eigenvalue weighted by Gasteiger charge is -2.23. The van der Waals surface area contributed by atoms with Crippen molar-refractivity contribution < 1.29 is 19.4 Å². The molecule has 0 radical (unpaired) electrons. The number of carboxylic acid groups (broad SMARTS) is 1. The summed E-state index contributed by atoms with van der Waals surface area (Å²) >= 11 is 0. The third-order valence-corrected chi connectivity index (χ3v) is 4.28.